The number of allylic oxidation sites excluding steroid dienone is 5. The second-order valence-corrected chi connectivity index (χ2v) is 3.17. The molecule has 1 heterocycles. The smallest absolute Gasteiger partial charge is 0.265 e. The number of alkyl halides is 2. The van der Waals surface area contributed by atoms with Gasteiger partial charge in [0.05, 0.1) is 11.3 Å². The Balaban J connectivity index is 3.57. The Kier molecular flexibility index (Phi) is 3.59. The summed E-state index contributed by atoms with van der Waals surface area (Å²) in [5.74, 6) is 0. The van der Waals surface area contributed by atoms with Crippen molar-refractivity contribution in [1.82, 2.24) is 5.32 Å². The molecule has 4 nitrogen and oxygen atoms in total. The van der Waals surface area contributed by atoms with Gasteiger partial charge in [0.25, 0.3) is 6.43 Å². The van der Waals surface area contributed by atoms with E-state index in [0.717, 1.165) is 6.08 Å². The topological polar surface area (TPSA) is 83.4 Å². The van der Waals surface area contributed by atoms with Gasteiger partial charge in [-0.15, -0.1) is 0 Å². The van der Waals surface area contributed by atoms with Gasteiger partial charge < -0.3 is 5.32 Å². The minimum absolute atomic E-state index is 0.159. The van der Waals surface area contributed by atoms with Crippen LogP contribution in [-0.2, 0) is 0 Å². The van der Waals surface area contributed by atoms with Crippen LogP contribution in [0.15, 0.2) is 34.2 Å². The van der Waals surface area contributed by atoms with Crippen molar-refractivity contribution in [3.63, 3.8) is 0 Å². The molecule has 0 amide bonds. The molecule has 17 heavy (non-hydrogen) atoms. The lowest BCUT2D eigenvalue weighted by Crippen LogP contribution is -2.21. The Hall–Kier alpha value is -2.65. The van der Waals surface area contributed by atoms with Crippen molar-refractivity contribution >= 4 is 0 Å². The van der Waals surface area contributed by atoms with E-state index >= 15 is 0 Å². The molecule has 0 aromatic heterocycles. The predicted molar refractivity (Wildman–Crippen MR) is 53.8 cm³/mol. The van der Waals surface area contributed by atoms with Crippen LogP contribution >= 0.6 is 0 Å². The molecule has 1 aliphatic heterocycles. The van der Waals surface area contributed by atoms with Crippen LogP contribution in [0.1, 0.15) is 6.92 Å². The minimum Gasteiger partial charge on any atom is -0.356 e. The lowest BCUT2D eigenvalue weighted by molar-refractivity contribution is 0.193. The molecule has 0 atom stereocenters. The van der Waals surface area contributed by atoms with Crippen molar-refractivity contribution in [2.24, 2.45) is 0 Å². The summed E-state index contributed by atoms with van der Waals surface area (Å²) in [4.78, 5) is 0. The molecule has 6 heteroatoms. The van der Waals surface area contributed by atoms with Gasteiger partial charge in [0.15, 0.2) is 5.57 Å². The predicted octanol–water partition coefficient (Wildman–Crippen LogP) is 1.88. The molecule has 0 fully saturated rings. The zero-order chi connectivity index (χ0) is 13.0. The quantitative estimate of drug-likeness (QED) is 0.699. The van der Waals surface area contributed by atoms with E-state index in [1.165, 1.54) is 6.92 Å². The third-order valence-electron chi connectivity index (χ3n) is 2.05. The molecule has 84 valence electrons. The van der Waals surface area contributed by atoms with E-state index in [1.54, 1.807) is 18.2 Å². The average Bonchev–Trinajstić information content (AvgIpc) is 2.30. The Morgan fingerprint density at radius 3 is 2.29 bits per heavy atom. The van der Waals surface area contributed by atoms with Crippen molar-refractivity contribution in [3.8, 4) is 18.2 Å². The zero-order valence-electron chi connectivity index (χ0n) is 8.75. The third-order valence-corrected chi connectivity index (χ3v) is 2.05. The fourth-order valence-electron chi connectivity index (χ4n) is 1.36. The first kappa shape index (κ1) is 12.4. The van der Waals surface area contributed by atoms with Gasteiger partial charge in [-0.05, 0) is 13.0 Å². The van der Waals surface area contributed by atoms with Gasteiger partial charge in [0, 0.05) is 11.3 Å². The van der Waals surface area contributed by atoms with Gasteiger partial charge in [-0.2, -0.15) is 15.8 Å². The summed E-state index contributed by atoms with van der Waals surface area (Å²) in [7, 11) is 0. The van der Waals surface area contributed by atoms with Crippen LogP contribution in [0.5, 0.6) is 0 Å². The normalized spacial score (nSPS) is 14.4. The molecule has 0 radical (unpaired) electrons. The second kappa shape index (κ2) is 4.92. The maximum absolute atomic E-state index is 12.7. The molecule has 1 rings (SSSR count). The zero-order valence-corrected chi connectivity index (χ0v) is 8.75. The van der Waals surface area contributed by atoms with Gasteiger partial charge in [0.2, 0.25) is 0 Å². The highest BCUT2D eigenvalue weighted by Gasteiger charge is 2.24. The van der Waals surface area contributed by atoms with Gasteiger partial charge in [-0.1, -0.05) is 0 Å². The third kappa shape index (κ3) is 2.30. The monoisotopic (exact) mass is 232 g/mol. The van der Waals surface area contributed by atoms with Crippen LogP contribution in [-0.4, -0.2) is 6.43 Å². The van der Waals surface area contributed by atoms with Gasteiger partial charge in [-0.3, -0.25) is 0 Å². The van der Waals surface area contributed by atoms with Crippen molar-refractivity contribution in [2.45, 2.75) is 13.3 Å². The maximum atomic E-state index is 12.7. The summed E-state index contributed by atoms with van der Waals surface area (Å²) >= 11 is 0. The number of hydrogen-bond acceptors (Lipinski definition) is 4. The molecule has 1 N–H and O–H groups in total. The van der Waals surface area contributed by atoms with E-state index in [2.05, 4.69) is 5.32 Å². The number of nitrogens with zero attached hydrogens (tertiary/aromatic N) is 3. The molecule has 0 aromatic carbocycles. The Labute approximate surface area is 96.4 Å². The number of nitrogens with one attached hydrogen (secondary N) is 1. The van der Waals surface area contributed by atoms with E-state index in [1.807, 2.05) is 0 Å². The summed E-state index contributed by atoms with van der Waals surface area (Å²) < 4.78 is 25.4. The lowest BCUT2D eigenvalue weighted by atomic mass is 9.98. The van der Waals surface area contributed by atoms with E-state index in [9.17, 15) is 8.78 Å². The molecule has 0 bridgehead atoms. The summed E-state index contributed by atoms with van der Waals surface area (Å²) in [5.41, 5.74) is -1.07. The number of halogens is 2. The summed E-state index contributed by atoms with van der Waals surface area (Å²) in [6.45, 7) is 1.50. The lowest BCUT2D eigenvalue weighted by Gasteiger charge is -2.18. The largest absolute Gasteiger partial charge is 0.356 e. The highest BCUT2D eigenvalue weighted by Crippen LogP contribution is 2.27. The summed E-state index contributed by atoms with van der Waals surface area (Å²) in [6, 6.07) is 4.72. The first-order chi connectivity index (χ1) is 8.04. The minimum atomic E-state index is -2.84. The molecule has 0 spiro atoms. The van der Waals surface area contributed by atoms with Crippen molar-refractivity contribution < 1.29 is 8.78 Å². The fraction of sp³-hybridized carbons (Fsp3) is 0.182. The average molecular weight is 232 g/mol. The number of rotatable bonds is 1. The number of hydrogen-bond donors (Lipinski definition) is 1. The molecule has 0 saturated heterocycles. The van der Waals surface area contributed by atoms with Crippen molar-refractivity contribution in [3.05, 3.63) is 34.2 Å². The van der Waals surface area contributed by atoms with Crippen molar-refractivity contribution in [2.75, 3.05) is 0 Å². The molecule has 0 aromatic rings. The number of dihydropyridines is 1. The molecule has 1 aliphatic rings. The highest BCUT2D eigenvalue weighted by atomic mass is 19.3. The standard InChI is InChI=1S/C11H6F2N4/c1-6-2-8(11(12)13)9(5-16)10(17-6)7(3-14)4-15/h2,11,17H,1H3. The molecule has 0 aliphatic carbocycles. The van der Waals surface area contributed by atoms with Crippen LogP contribution in [0.25, 0.3) is 0 Å². The Morgan fingerprint density at radius 2 is 1.88 bits per heavy atom. The SMILES string of the molecule is CC1=CC(C(F)F)=C(C#N)C(=C(C#N)C#N)N1. The van der Waals surface area contributed by atoms with E-state index in [4.69, 9.17) is 15.8 Å². The van der Waals surface area contributed by atoms with E-state index < -0.39 is 17.6 Å². The van der Waals surface area contributed by atoms with Gasteiger partial charge in [0.1, 0.15) is 18.2 Å². The van der Waals surface area contributed by atoms with Crippen LogP contribution in [0.4, 0.5) is 8.78 Å². The molecular formula is C11H6F2N4. The fourth-order valence-corrected chi connectivity index (χ4v) is 1.36. The van der Waals surface area contributed by atoms with E-state index in [-0.39, 0.29) is 11.3 Å². The first-order valence-electron chi connectivity index (χ1n) is 4.47. The summed E-state index contributed by atoms with van der Waals surface area (Å²) in [6.07, 6.45) is -1.71. The molecule has 0 saturated carbocycles. The van der Waals surface area contributed by atoms with E-state index in [0.29, 0.717) is 5.70 Å². The Morgan fingerprint density at radius 1 is 1.29 bits per heavy atom. The highest BCUT2D eigenvalue weighted by molar-refractivity contribution is 5.60. The Bertz CT molecular complexity index is 546. The van der Waals surface area contributed by atoms with Crippen LogP contribution in [0.2, 0.25) is 0 Å². The van der Waals surface area contributed by atoms with Crippen molar-refractivity contribution in [1.29, 1.82) is 15.8 Å². The van der Waals surface area contributed by atoms with Crippen LogP contribution in [0, 0.1) is 34.0 Å². The number of nitriles is 3. The summed E-state index contributed by atoms with van der Waals surface area (Å²) in [5, 5.41) is 28.8. The molecule has 0 unspecified atom stereocenters. The van der Waals surface area contributed by atoms with Crippen LogP contribution < -0.4 is 5.32 Å². The van der Waals surface area contributed by atoms with Gasteiger partial charge in [-0.25, -0.2) is 8.78 Å². The molecular weight excluding hydrogens is 226 g/mol. The first-order valence-corrected chi connectivity index (χ1v) is 4.47. The van der Waals surface area contributed by atoms with Crippen LogP contribution in [0.3, 0.4) is 0 Å². The maximum Gasteiger partial charge on any atom is 0.265 e. The second-order valence-electron chi connectivity index (χ2n) is 3.17. The van der Waals surface area contributed by atoms with Gasteiger partial charge >= 0.3 is 0 Å².